The van der Waals surface area contributed by atoms with Gasteiger partial charge in [0.15, 0.2) is 5.82 Å². The maximum atomic E-state index is 5.05. The van der Waals surface area contributed by atoms with Crippen LogP contribution in [0.4, 0.5) is 0 Å². The highest BCUT2D eigenvalue weighted by molar-refractivity contribution is 7.27. The number of benzene rings is 6. The van der Waals surface area contributed by atoms with Gasteiger partial charge in [-0.1, -0.05) is 91.0 Å². The first kappa shape index (κ1) is 25.4. The Morgan fingerprint density at radius 2 is 1.24 bits per heavy atom. The number of pyridine rings is 1. The van der Waals surface area contributed by atoms with Crippen LogP contribution in [-0.2, 0) is 0 Å². The van der Waals surface area contributed by atoms with E-state index in [0.717, 1.165) is 33.5 Å². The Labute approximate surface area is 267 Å². The van der Waals surface area contributed by atoms with E-state index < -0.39 is 0 Å². The van der Waals surface area contributed by atoms with Crippen molar-refractivity contribution < 1.29 is 0 Å². The Morgan fingerprint density at radius 3 is 2.09 bits per heavy atom. The second-order valence-corrected chi connectivity index (χ2v) is 12.7. The van der Waals surface area contributed by atoms with Crippen LogP contribution in [0.3, 0.4) is 0 Å². The van der Waals surface area contributed by atoms with Gasteiger partial charge < -0.3 is 4.57 Å². The van der Waals surface area contributed by atoms with Crippen LogP contribution in [0.2, 0.25) is 0 Å². The molecule has 4 aromatic heterocycles. The van der Waals surface area contributed by atoms with Gasteiger partial charge in [-0.25, -0.2) is 9.97 Å². The summed E-state index contributed by atoms with van der Waals surface area (Å²) < 4.78 is 5.10. The molecule has 10 aromatic rings. The van der Waals surface area contributed by atoms with Gasteiger partial charge in [-0.05, 0) is 48.5 Å². The molecule has 0 spiro atoms. The smallest absolute Gasteiger partial charge is 0.160 e. The highest BCUT2D eigenvalue weighted by Crippen LogP contribution is 2.47. The number of hydrogen-bond donors (Lipinski definition) is 0. The third-order valence-electron chi connectivity index (χ3n) is 9.03. The molecule has 5 heteroatoms. The molecule has 0 saturated carbocycles. The summed E-state index contributed by atoms with van der Waals surface area (Å²) in [6.07, 6.45) is 1.80. The summed E-state index contributed by atoms with van der Waals surface area (Å²) in [7, 11) is 0. The number of rotatable bonds is 3. The average molecular weight is 605 g/mol. The first-order chi connectivity index (χ1) is 22.8. The van der Waals surface area contributed by atoms with Crippen molar-refractivity contribution in [3.8, 4) is 28.3 Å². The molecule has 0 fully saturated rings. The van der Waals surface area contributed by atoms with Crippen LogP contribution in [-0.4, -0.2) is 19.5 Å². The molecule has 214 valence electrons. The third kappa shape index (κ3) is 3.63. The van der Waals surface area contributed by atoms with Gasteiger partial charge in [0.1, 0.15) is 11.2 Å². The number of hydrogen-bond acceptors (Lipinski definition) is 4. The van der Waals surface area contributed by atoms with Crippen LogP contribution in [0, 0.1) is 0 Å². The Morgan fingerprint density at radius 1 is 0.522 bits per heavy atom. The summed E-state index contributed by atoms with van der Waals surface area (Å²) in [5, 5.41) is 7.77. The summed E-state index contributed by atoms with van der Waals surface area (Å²) in [5.74, 6) is 0.685. The van der Waals surface area contributed by atoms with E-state index in [1.165, 1.54) is 52.8 Å². The molecule has 4 nitrogen and oxygen atoms in total. The quantitative estimate of drug-likeness (QED) is 0.201. The lowest BCUT2D eigenvalue weighted by molar-refractivity contribution is 1.18. The molecule has 0 atom stereocenters. The second kappa shape index (κ2) is 9.80. The van der Waals surface area contributed by atoms with Crippen LogP contribution in [0.25, 0.3) is 92.1 Å². The van der Waals surface area contributed by atoms with E-state index in [1.807, 2.05) is 41.7 Å². The molecule has 4 heterocycles. The van der Waals surface area contributed by atoms with Crippen molar-refractivity contribution in [3.63, 3.8) is 0 Å². The number of fused-ring (bicyclic) bond motifs is 11. The number of para-hydroxylation sites is 1. The van der Waals surface area contributed by atoms with Gasteiger partial charge in [0.05, 0.1) is 16.6 Å². The summed E-state index contributed by atoms with van der Waals surface area (Å²) in [6.45, 7) is 0. The zero-order valence-corrected chi connectivity index (χ0v) is 25.4. The highest BCUT2D eigenvalue weighted by Gasteiger charge is 2.21. The van der Waals surface area contributed by atoms with Crippen LogP contribution >= 0.6 is 11.3 Å². The standard InChI is InChI=1S/C41H24N4S/c1-2-11-25(12-3-1)37-38-32(17-10-24-42-38)43-41(44-37)26-20-22-27(23-21-26)45-33-18-8-6-15-30(33)35-36-31-16-7-9-19-34(31)46-40(36)29-14-5-4-13-28(29)39(35)45/h1-24H. The summed E-state index contributed by atoms with van der Waals surface area (Å²) >= 11 is 1.89. The maximum Gasteiger partial charge on any atom is 0.160 e. The van der Waals surface area contributed by atoms with Gasteiger partial charge in [-0.3, -0.25) is 4.98 Å². The largest absolute Gasteiger partial charge is 0.309 e. The van der Waals surface area contributed by atoms with E-state index in [-0.39, 0.29) is 0 Å². The normalized spacial score (nSPS) is 11.9. The monoisotopic (exact) mass is 604 g/mol. The molecule has 10 rings (SSSR count). The first-order valence-electron chi connectivity index (χ1n) is 15.4. The van der Waals surface area contributed by atoms with Gasteiger partial charge >= 0.3 is 0 Å². The fraction of sp³-hybridized carbons (Fsp3) is 0. The van der Waals surface area contributed by atoms with Gasteiger partial charge in [0.2, 0.25) is 0 Å². The van der Waals surface area contributed by atoms with E-state index in [1.54, 1.807) is 6.20 Å². The zero-order valence-electron chi connectivity index (χ0n) is 24.6. The van der Waals surface area contributed by atoms with E-state index in [0.29, 0.717) is 5.82 Å². The van der Waals surface area contributed by atoms with Crippen LogP contribution in [0.15, 0.2) is 146 Å². The van der Waals surface area contributed by atoms with Crippen molar-refractivity contribution in [1.29, 1.82) is 0 Å². The fourth-order valence-corrected chi connectivity index (χ4v) is 8.29. The van der Waals surface area contributed by atoms with Crippen molar-refractivity contribution in [2.75, 3.05) is 0 Å². The first-order valence-corrected chi connectivity index (χ1v) is 16.2. The molecular weight excluding hydrogens is 581 g/mol. The van der Waals surface area contributed by atoms with E-state index >= 15 is 0 Å². The summed E-state index contributed by atoms with van der Waals surface area (Å²) in [6, 6.07) is 49.3. The maximum absolute atomic E-state index is 5.05. The van der Waals surface area contributed by atoms with Crippen LogP contribution in [0.5, 0.6) is 0 Å². The minimum Gasteiger partial charge on any atom is -0.309 e. The molecule has 0 aliphatic heterocycles. The van der Waals surface area contributed by atoms with Gasteiger partial charge in [-0.15, -0.1) is 11.3 Å². The van der Waals surface area contributed by atoms with Crippen molar-refractivity contribution >= 4 is 75.1 Å². The molecule has 0 aliphatic rings. The minimum absolute atomic E-state index is 0.685. The zero-order chi connectivity index (χ0) is 30.2. The minimum atomic E-state index is 0.685. The Kier molecular flexibility index (Phi) is 5.41. The molecule has 0 N–H and O–H groups in total. The fourth-order valence-electron chi connectivity index (χ4n) is 7.04. The van der Waals surface area contributed by atoms with Crippen molar-refractivity contribution in [3.05, 3.63) is 146 Å². The molecule has 0 radical (unpaired) electrons. The van der Waals surface area contributed by atoms with Gasteiger partial charge in [0.25, 0.3) is 0 Å². The van der Waals surface area contributed by atoms with Gasteiger partial charge in [0, 0.05) is 64.7 Å². The molecule has 0 bridgehead atoms. The SMILES string of the molecule is c1ccc(-c2nc(-c3ccc(-n4c5ccccc5c5c6c7ccccc7sc6c6ccccc6c54)cc3)nc3cccnc23)cc1. The van der Waals surface area contributed by atoms with E-state index in [2.05, 4.69) is 119 Å². The van der Waals surface area contributed by atoms with Crippen LogP contribution < -0.4 is 0 Å². The predicted molar refractivity (Wildman–Crippen MR) is 193 cm³/mol. The molecule has 0 amide bonds. The molecule has 0 unspecified atom stereocenters. The molecular formula is C41H24N4S. The molecule has 0 saturated heterocycles. The lowest BCUT2D eigenvalue weighted by atomic mass is 10.00. The number of thiophene rings is 1. The molecule has 6 aromatic carbocycles. The molecule has 0 aliphatic carbocycles. The topological polar surface area (TPSA) is 43.6 Å². The lowest BCUT2D eigenvalue weighted by Gasteiger charge is -2.12. The summed E-state index contributed by atoms with van der Waals surface area (Å²) in [5.41, 5.74) is 7.99. The predicted octanol–water partition coefficient (Wildman–Crippen LogP) is 11.0. The Balaban J connectivity index is 1.24. The van der Waals surface area contributed by atoms with E-state index in [4.69, 9.17) is 9.97 Å². The Hall–Kier alpha value is -5.91. The van der Waals surface area contributed by atoms with Crippen molar-refractivity contribution in [1.82, 2.24) is 19.5 Å². The van der Waals surface area contributed by atoms with Crippen LogP contribution in [0.1, 0.15) is 0 Å². The second-order valence-electron chi connectivity index (χ2n) is 11.6. The average Bonchev–Trinajstić information content (AvgIpc) is 3.68. The third-order valence-corrected chi connectivity index (χ3v) is 10.2. The molecule has 46 heavy (non-hydrogen) atoms. The summed E-state index contributed by atoms with van der Waals surface area (Å²) in [4.78, 5) is 14.6. The van der Waals surface area contributed by atoms with Crippen molar-refractivity contribution in [2.45, 2.75) is 0 Å². The van der Waals surface area contributed by atoms with E-state index in [9.17, 15) is 0 Å². The van der Waals surface area contributed by atoms with Gasteiger partial charge in [-0.2, -0.15) is 0 Å². The highest BCUT2D eigenvalue weighted by atomic mass is 32.1. The number of aromatic nitrogens is 4. The lowest BCUT2D eigenvalue weighted by Crippen LogP contribution is -1.98. The van der Waals surface area contributed by atoms with Crippen molar-refractivity contribution in [2.24, 2.45) is 0 Å². The Bertz CT molecular complexity index is 2790. The number of nitrogens with zero attached hydrogens (tertiary/aromatic N) is 4.